The van der Waals surface area contributed by atoms with Crippen molar-refractivity contribution in [1.82, 2.24) is 15.2 Å². The minimum absolute atomic E-state index is 0.101. The number of dihydropyridines is 1. The summed E-state index contributed by atoms with van der Waals surface area (Å²) in [4.78, 5) is 18.3. The second kappa shape index (κ2) is 7.00. The van der Waals surface area contributed by atoms with Crippen LogP contribution in [0.3, 0.4) is 0 Å². The molecule has 3 heterocycles. The van der Waals surface area contributed by atoms with Crippen molar-refractivity contribution in [1.29, 1.82) is 0 Å². The predicted octanol–water partition coefficient (Wildman–Crippen LogP) is 3.12. The zero-order chi connectivity index (χ0) is 18.1. The standard InChI is InChI=1S/C17H18ClF2N3O2/c1-9-5-13(22-6-14(9)25-8-15(19)20)10(2)23-7-12-11(17(23)24)3-4-21-16(12)18/h3-5,10,15,22H,6-8H2,1-2H3. The number of pyridine rings is 1. The van der Waals surface area contributed by atoms with Crippen LogP contribution in [0.25, 0.3) is 0 Å². The molecule has 0 spiro atoms. The van der Waals surface area contributed by atoms with E-state index in [1.54, 1.807) is 17.9 Å². The first-order valence-electron chi connectivity index (χ1n) is 7.89. The van der Waals surface area contributed by atoms with E-state index in [-0.39, 0.29) is 11.9 Å². The molecule has 2 aliphatic heterocycles. The van der Waals surface area contributed by atoms with E-state index in [0.29, 0.717) is 29.6 Å². The summed E-state index contributed by atoms with van der Waals surface area (Å²) >= 11 is 6.09. The summed E-state index contributed by atoms with van der Waals surface area (Å²) in [5, 5.41) is 3.49. The fourth-order valence-electron chi connectivity index (χ4n) is 2.98. The molecular weight excluding hydrogens is 352 g/mol. The van der Waals surface area contributed by atoms with Gasteiger partial charge >= 0.3 is 0 Å². The Morgan fingerprint density at radius 1 is 1.48 bits per heavy atom. The molecular formula is C17H18ClF2N3O2. The number of rotatable bonds is 5. The van der Waals surface area contributed by atoms with Crippen LogP contribution in [0.15, 0.2) is 35.4 Å². The average Bonchev–Trinajstić information content (AvgIpc) is 2.91. The molecule has 8 heteroatoms. The lowest BCUT2D eigenvalue weighted by molar-refractivity contribution is 0.0459. The van der Waals surface area contributed by atoms with Crippen LogP contribution in [0.4, 0.5) is 8.78 Å². The third-order valence-corrected chi connectivity index (χ3v) is 4.71. The Hall–Kier alpha value is -2.15. The van der Waals surface area contributed by atoms with E-state index in [0.717, 1.165) is 16.8 Å². The smallest absolute Gasteiger partial charge is 0.272 e. The Kier molecular flexibility index (Phi) is 4.94. The van der Waals surface area contributed by atoms with Gasteiger partial charge in [0.1, 0.15) is 17.5 Å². The average molecular weight is 370 g/mol. The van der Waals surface area contributed by atoms with Gasteiger partial charge in [0.05, 0.1) is 19.1 Å². The fraction of sp³-hybridized carbons (Fsp3) is 0.412. The number of hydrogen-bond acceptors (Lipinski definition) is 4. The second-order valence-corrected chi connectivity index (χ2v) is 6.36. The molecule has 1 unspecified atom stereocenters. The Morgan fingerprint density at radius 2 is 2.24 bits per heavy atom. The molecule has 1 amide bonds. The van der Waals surface area contributed by atoms with Gasteiger partial charge in [-0.15, -0.1) is 0 Å². The maximum atomic E-state index is 12.6. The van der Waals surface area contributed by atoms with Crippen LogP contribution >= 0.6 is 11.6 Å². The van der Waals surface area contributed by atoms with Crippen molar-refractivity contribution in [3.63, 3.8) is 0 Å². The monoisotopic (exact) mass is 369 g/mol. The fourth-order valence-corrected chi connectivity index (χ4v) is 3.20. The second-order valence-electron chi connectivity index (χ2n) is 6.00. The van der Waals surface area contributed by atoms with Crippen molar-refractivity contribution in [2.24, 2.45) is 0 Å². The number of fused-ring (bicyclic) bond motifs is 1. The van der Waals surface area contributed by atoms with Gasteiger partial charge in [0.2, 0.25) is 0 Å². The Balaban J connectivity index is 1.77. The van der Waals surface area contributed by atoms with Crippen molar-refractivity contribution in [2.75, 3.05) is 13.2 Å². The summed E-state index contributed by atoms with van der Waals surface area (Å²) in [6.45, 7) is 3.78. The van der Waals surface area contributed by atoms with Crippen molar-refractivity contribution in [3.05, 3.63) is 51.6 Å². The van der Waals surface area contributed by atoms with Crippen molar-refractivity contribution in [2.45, 2.75) is 32.9 Å². The summed E-state index contributed by atoms with van der Waals surface area (Å²) in [5.74, 6) is 0.385. The molecule has 0 fully saturated rings. The quantitative estimate of drug-likeness (QED) is 0.810. The van der Waals surface area contributed by atoms with E-state index in [1.165, 1.54) is 6.20 Å². The van der Waals surface area contributed by atoms with Gasteiger partial charge < -0.3 is 15.0 Å². The number of alkyl halides is 2. The number of hydrogen-bond donors (Lipinski definition) is 1. The lowest BCUT2D eigenvalue weighted by Gasteiger charge is -2.30. The summed E-state index contributed by atoms with van der Waals surface area (Å²) < 4.78 is 29.7. The molecule has 0 aliphatic carbocycles. The molecule has 3 rings (SSSR count). The van der Waals surface area contributed by atoms with E-state index >= 15 is 0 Å². The van der Waals surface area contributed by atoms with Crippen LogP contribution in [-0.4, -0.2) is 41.4 Å². The van der Waals surface area contributed by atoms with Crippen LogP contribution in [0.2, 0.25) is 5.15 Å². The molecule has 1 atom stereocenters. The maximum absolute atomic E-state index is 12.6. The van der Waals surface area contributed by atoms with Gasteiger partial charge in [0.25, 0.3) is 12.3 Å². The molecule has 0 radical (unpaired) electrons. The van der Waals surface area contributed by atoms with Crippen LogP contribution in [0.5, 0.6) is 0 Å². The molecule has 25 heavy (non-hydrogen) atoms. The minimum Gasteiger partial charge on any atom is -0.490 e. The summed E-state index contributed by atoms with van der Waals surface area (Å²) in [7, 11) is 0. The van der Waals surface area contributed by atoms with Crippen molar-refractivity contribution >= 4 is 17.5 Å². The number of carbonyl (C=O) groups excluding carboxylic acids is 1. The van der Waals surface area contributed by atoms with E-state index < -0.39 is 13.0 Å². The Morgan fingerprint density at radius 3 is 2.88 bits per heavy atom. The van der Waals surface area contributed by atoms with E-state index in [9.17, 15) is 13.6 Å². The topological polar surface area (TPSA) is 54.5 Å². The number of carbonyl (C=O) groups is 1. The van der Waals surface area contributed by atoms with Crippen molar-refractivity contribution < 1.29 is 18.3 Å². The van der Waals surface area contributed by atoms with Gasteiger partial charge in [0, 0.05) is 23.0 Å². The van der Waals surface area contributed by atoms with Gasteiger partial charge in [-0.3, -0.25) is 4.79 Å². The van der Waals surface area contributed by atoms with E-state index in [4.69, 9.17) is 16.3 Å². The Labute approximate surface area is 149 Å². The number of amides is 1. The molecule has 1 N–H and O–H groups in total. The number of nitrogens with zero attached hydrogens (tertiary/aromatic N) is 2. The van der Waals surface area contributed by atoms with Crippen molar-refractivity contribution in [3.8, 4) is 0 Å². The largest absolute Gasteiger partial charge is 0.490 e. The molecule has 5 nitrogen and oxygen atoms in total. The number of ether oxygens (including phenoxy) is 1. The van der Waals surface area contributed by atoms with Gasteiger partial charge in [-0.2, -0.15) is 0 Å². The summed E-state index contributed by atoms with van der Waals surface area (Å²) in [5.41, 5.74) is 2.89. The number of aromatic nitrogens is 1. The highest BCUT2D eigenvalue weighted by molar-refractivity contribution is 6.30. The highest BCUT2D eigenvalue weighted by atomic mass is 35.5. The first-order chi connectivity index (χ1) is 11.9. The molecule has 0 bridgehead atoms. The molecule has 1 aromatic rings. The molecule has 2 aliphatic rings. The van der Waals surface area contributed by atoms with Gasteiger partial charge in [0.15, 0.2) is 0 Å². The first-order valence-corrected chi connectivity index (χ1v) is 8.26. The van der Waals surface area contributed by atoms with Crippen LogP contribution in [0.1, 0.15) is 29.8 Å². The van der Waals surface area contributed by atoms with Gasteiger partial charge in [-0.1, -0.05) is 11.6 Å². The highest BCUT2D eigenvalue weighted by Crippen LogP contribution is 2.31. The highest BCUT2D eigenvalue weighted by Gasteiger charge is 2.34. The zero-order valence-corrected chi connectivity index (χ0v) is 14.6. The number of nitrogens with one attached hydrogen (secondary N) is 1. The third kappa shape index (κ3) is 3.46. The molecule has 0 aromatic carbocycles. The zero-order valence-electron chi connectivity index (χ0n) is 13.9. The lowest BCUT2D eigenvalue weighted by atomic mass is 10.1. The summed E-state index contributed by atoms with van der Waals surface area (Å²) in [6, 6.07) is 1.45. The molecule has 0 saturated heterocycles. The minimum atomic E-state index is -2.51. The number of halogens is 3. The van der Waals surface area contributed by atoms with E-state index in [2.05, 4.69) is 10.3 Å². The predicted molar refractivity (Wildman–Crippen MR) is 89.3 cm³/mol. The maximum Gasteiger partial charge on any atom is 0.272 e. The van der Waals surface area contributed by atoms with Gasteiger partial charge in [-0.25, -0.2) is 13.8 Å². The number of allylic oxidation sites excluding steroid dienone is 2. The first kappa shape index (κ1) is 17.7. The lowest BCUT2D eigenvalue weighted by Crippen LogP contribution is -2.40. The van der Waals surface area contributed by atoms with Crippen LogP contribution in [0, 0.1) is 0 Å². The molecule has 134 valence electrons. The van der Waals surface area contributed by atoms with E-state index in [1.807, 2.05) is 13.0 Å². The normalized spacial score (nSPS) is 18.2. The molecule has 1 aromatic heterocycles. The van der Waals surface area contributed by atoms with Crippen LogP contribution in [-0.2, 0) is 11.3 Å². The third-order valence-electron chi connectivity index (χ3n) is 4.39. The summed E-state index contributed by atoms with van der Waals surface area (Å²) in [6.07, 6.45) is 0.833. The molecule has 0 saturated carbocycles. The van der Waals surface area contributed by atoms with Gasteiger partial charge in [-0.05, 0) is 31.6 Å². The Bertz CT molecular complexity index is 764. The SMILES string of the molecule is CC1=C(OCC(F)F)CNC(C(C)N2Cc3c(ccnc3Cl)C2=O)=C1. The van der Waals surface area contributed by atoms with Crippen LogP contribution < -0.4 is 5.32 Å².